The molecule has 1 fully saturated rings. The zero-order valence-electron chi connectivity index (χ0n) is 10.0. The molecule has 1 aromatic heterocycles. The molecule has 2 nitrogen and oxygen atoms in total. The molecule has 0 radical (unpaired) electrons. The highest BCUT2D eigenvalue weighted by Crippen LogP contribution is 2.17. The van der Waals surface area contributed by atoms with Crippen molar-refractivity contribution in [3.8, 4) is 0 Å². The Morgan fingerprint density at radius 3 is 3.12 bits per heavy atom. The number of nitrogens with zero attached hydrogens (tertiary/aromatic N) is 1. The summed E-state index contributed by atoms with van der Waals surface area (Å²) >= 11 is 0. The topological polar surface area (TPSA) is 24.9 Å². The standard InChI is InChI=1S/C15H18N2/c1-2-8-16-14(5-1)11-12-6-7-15-13(10-12)4-3-9-17-15/h3-4,6-7,9-10,14,16H,1-2,5,8,11H2. The minimum atomic E-state index is 0.665. The Bertz CT molecular complexity index is 501. The van der Waals surface area contributed by atoms with E-state index in [0.29, 0.717) is 6.04 Å². The van der Waals surface area contributed by atoms with Gasteiger partial charge in [-0.05, 0) is 49.6 Å². The van der Waals surface area contributed by atoms with E-state index in [1.807, 2.05) is 12.3 Å². The van der Waals surface area contributed by atoms with E-state index in [1.54, 1.807) is 0 Å². The van der Waals surface area contributed by atoms with E-state index < -0.39 is 0 Å². The number of benzene rings is 1. The highest BCUT2D eigenvalue weighted by molar-refractivity contribution is 5.78. The van der Waals surface area contributed by atoms with Crippen LogP contribution in [0, 0.1) is 0 Å². The van der Waals surface area contributed by atoms with Crippen LogP contribution in [-0.4, -0.2) is 17.6 Å². The Morgan fingerprint density at radius 2 is 2.24 bits per heavy atom. The van der Waals surface area contributed by atoms with E-state index in [0.717, 1.165) is 11.9 Å². The molecule has 3 rings (SSSR count). The van der Waals surface area contributed by atoms with Gasteiger partial charge >= 0.3 is 0 Å². The van der Waals surface area contributed by atoms with Crippen LogP contribution in [-0.2, 0) is 6.42 Å². The van der Waals surface area contributed by atoms with Gasteiger partial charge in [0.15, 0.2) is 0 Å². The Morgan fingerprint density at radius 1 is 1.24 bits per heavy atom. The van der Waals surface area contributed by atoms with Crippen molar-refractivity contribution in [1.82, 2.24) is 10.3 Å². The number of fused-ring (bicyclic) bond motifs is 1. The minimum absolute atomic E-state index is 0.665. The maximum absolute atomic E-state index is 4.35. The third kappa shape index (κ3) is 2.47. The fourth-order valence-electron chi connectivity index (χ4n) is 2.63. The predicted octanol–water partition coefficient (Wildman–Crippen LogP) is 2.92. The molecule has 1 atom stereocenters. The van der Waals surface area contributed by atoms with Crippen molar-refractivity contribution in [3.05, 3.63) is 42.1 Å². The van der Waals surface area contributed by atoms with Crippen LogP contribution in [0.4, 0.5) is 0 Å². The predicted molar refractivity (Wildman–Crippen MR) is 71.1 cm³/mol. The molecule has 1 saturated heterocycles. The summed E-state index contributed by atoms with van der Waals surface area (Å²) in [6, 6.07) is 11.4. The molecule has 88 valence electrons. The summed E-state index contributed by atoms with van der Waals surface area (Å²) in [7, 11) is 0. The fourth-order valence-corrected chi connectivity index (χ4v) is 2.63. The van der Waals surface area contributed by atoms with Crippen LogP contribution in [0.3, 0.4) is 0 Å². The second-order valence-electron chi connectivity index (χ2n) is 4.88. The second-order valence-corrected chi connectivity index (χ2v) is 4.88. The third-order valence-electron chi connectivity index (χ3n) is 3.56. The summed E-state index contributed by atoms with van der Waals surface area (Å²) in [6.07, 6.45) is 7.01. The van der Waals surface area contributed by atoms with Crippen LogP contribution in [0.1, 0.15) is 24.8 Å². The highest BCUT2D eigenvalue weighted by atomic mass is 14.9. The smallest absolute Gasteiger partial charge is 0.0702 e. The van der Waals surface area contributed by atoms with E-state index in [2.05, 4.69) is 34.6 Å². The van der Waals surface area contributed by atoms with Gasteiger partial charge in [0.1, 0.15) is 0 Å². The lowest BCUT2D eigenvalue weighted by Crippen LogP contribution is -2.35. The van der Waals surface area contributed by atoms with Crippen LogP contribution < -0.4 is 5.32 Å². The maximum atomic E-state index is 4.35. The zero-order chi connectivity index (χ0) is 11.5. The van der Waals surface area contributed by atoms with Gasteiger partial charge in [-0.15, -0.1) is 0 Å². The molecule has 1 aliphatic heterocycles. The number of nitrogens with one attached hydrogen (secondary N) is 1. The van der Waals surface area contributed by atoms with Gasteiger partial charge in [0.25, 0.3) is 0 Å². The highest BCUT2D eigenvalue weighted by Gasteiger charge is 2.12. The number of hydrogen-bond donors (Lipinski definition) is 1. The second kappa shape index (κ2) is 4.84. The minimum Gasteiger partial charge on any atom is -0.314 e. The van der Waals surface area contributed by atoms with Crippen molar-refractivity contribution < 1.29 is 0 Å². The lowest BCUT2D eigenvalue weighted by Gasteiger charge is -2.23. The summed E-state index contributed by atoms with van der Waals surface area (Å²) in [6.45, 7) is 1.18. The largest absolute Gasteiger partial charge is 0.314 e. The van der Waals surface area contributed by atoms with Crippen molar-refractivity contribution in [2.45, 2.75) is 31.7 Å². The number of pyridine rings is 1. The number of aromatic nitrogens is 1. The quantitative estimate of drug-likeness (QED) is 0.851. The first-order valence-electron chi connectivity index (χ1n) is 6.49. The van der Waals surface area contributed by atoms with Crippen molar-refractivity contribution in [2.24, 2.45) is 0 Å². The molecule has 0 bridgehead atoms. The molecule has 1 N–H and O–H groups in total. The van der Waals surface area contributed by atoms with Crippen LogP contribution in [0.2, 0.25) is 0 Å². The van der Waals surface area contributed by atoms with E-state index in [9.17, 15) is 0 Å². The van der Waals surface area contributed by atoms with Crippen LogP contribution in [0.25, 0.3) is 10.9 Å². The Labute approximate surface area is 102 Å². The summed E-state index contributed by atoms with van der Waals surface area (Å²) < 4.78 is 0. The van der Waals surface area contributed by atoms with E-state index in [1.165, 1.54) is 36.8 Å². The van der Waals surface area contributed by atoms with Crippen molar-refractivity contribution in [3.63, 3.8) is 0 Å². The van der Waals surface area contributed by atoms with Crippen molar-refractivity contribution in [2.75, 3.05) is 6.54 Å². The average molecular weight is 226 g/mol. The van der Waals surface area contributed by atoms with Gasteiger partial charge in [-0.1, -0.05) is 18.6 Å². The number of rotatable bonds is 2. The molecule has 17 heavy (non-hydrogen) atoms. The van der Waals surface area contributed by atoms with E-state index in [4.69, 9.17) is 0 Å². The molecule has 0 spiro atoms. The van der Waals surface area contributed by atoms with Crippen LogP contribution in [0.5, 0.6) is 0 Å². The first-order valence-corrected chi connectivity index (χ1v) is 6.49. The zero-order valence-corrected chi connectivity index (χ0v) is 10.0. The van der Waals surface area contributed by atoms with Gasteiger partial charge in [0.2, 0.25) is 0 Å². The van der Waals surface area contributed by atoms with Gasteiger partial charge in [0, 0.05) is 17.6 Å². The van der Waals surface area contributed by atoms with Crippen molar-refractivity contribution in [1.29, 1.82) is 0 Å². The molecule has 2 heteroatoms. The first-order chi connectivity index (χ1) is 8.42. The van der Waals surface area contributed by atoms with Crippen LogP contribution >= 0.6 is 0 Å². The summed E-state index contributed by atoms with van der Waals surface area (Å²) in [5.41, 5.74) is 2.51. The third-order valence-corrected chi connectivity index (χ3v) is 3.56. The monoisotopic (exact) mass is 226 g/mol. The van der Waals surface area contributed by atoms with Gasteiger partial charge in [-0.25, -0.2) is 0 Å². The summed E-state index contributed by atoms with van der Waals surface area (Å²) in [4.78, 5) is 4.35. The summed E-state index contributed by atoms with van der Waals surface area (Å²) in [5.74, 6) is 0. The molecule has 0 saturated carbocycles. The molecular formula is C15H18N2. The maximum Gasteiger partial charge on any atom is 0.0702 e. The molecule has 2 heterocycles. The average Bonchev–Trinajstić information content (AvgIpc) is 2.40. The first kappa shape index (κ1) is 10.7. The number of hydrogen-bond acceptors (Lipinski definition) is 2. The van der Waals surface area contributed by atoms with Gasteiger partial charge in [-0.2, -0.15) is 0 Å². The lowest BCUT2D eigenvalue weighted by molar-refractivity contribution is 0.399. The number of piperidine rings is 1. The Balaban J connectivity index is 1.80. The normalized spacial score (nSPS) is 20.6. The molecule has 0 amide bonds. The molecule has 0 aliphatic carbocycles. The van der Waals surface area contributed by atoms with Gasteiger partial charge < -0.3 is 5.32 Å². The molecular weight excluding hydrogens is 208 g/mol. The van der Waals surface area contributed by atoms with Crippen molar-refractivity contribution >= 4 is 10.9 Å². The molecule has 1 aromatic carbocycles. The SMILES string of the molecule is c1cnc2ccc(CC3CCCCN3)cc2c1. The summed E-state index contributed by atoms with van der Waals surface area (Å²) in [5, 5.41) is 4.85. The van der Waals surface area contributed by atoms with E-state index in [-0.39, 0.29) is 0 Å². The van der Waals surface area contributed by atoms with Gasteiger partial charge in [0.05, 0.1) is 5.52 Å². The molecule has 1 unspecified atom stereocenters. The van der Waals surface area contributed by atoms with Crippen LogP contribution in [0.15, 0.2) is 36.5 Å². The Hall–Kier alpha value is -1.41. The molecule has 1 aliphatic rings. The Kier molecular flexibility index (Phi) is 3.06. The van der Waals surface area contributed by atoms with Gasteiger partial charge in [-0.3, -0.25) is 4.98 Å². The lowest BCUT2D eigenvalue weighted by atomic mass is 9.97. The fraction of sp³-hybridized carbons (Fsp3) is 0.400. The molecule has 2 aromatic rings. The van der Waals surface area contributed by atoms with E-state index >= 15 is 0 Å².